The second kappa shape index (κ2) is 6.30. The van der Waals surface area contributed by atoms with Gasteiger partial charge in [-0.25, -0.2) is 4.99 Å². The lowest BCUT2D eigenvalue weighted by molar-refractivity contribution is 0.378. The van der Waals surface area contributed by atoms with Crippen molar-refractivity contribution in [1.29, 1.82) is 0 Å². The van der Waals surface area contributed by atoms with Gasteiger partial charge in [-0.2, -0.15) is 0 Å². The van der Waals surface area contributed by atoms with E-state index in [1.807, 2.05) is 14.0 Å². The van der Waals surface area contributed by atoms with Crippen LogP contribution in [-0.2, 0) is 0 Å². The molecule has 0 amide bonds. The van der Waals surface area contributed by atoms with Crippen LogP contribution in [0.15, 0.2) is 10.1 Å². The van der Waals surface area contributed by atoms with Gasteiger partial charge in [-0.3, -0.25) is 5.01 Å². The fourth-order valence-electron chi connectivity index (χ4n) is 0.340. The van der Waals surface area contributed by atoms with Gasteiger partial charge in [0.05, 0.1) is 0 Å². The molecule has 0 bridgehead atoms. The molecule has 0 aromatic carbocycles. The molecular formula is C7H15N3. The Kier molecular flexibility index (Phi) is 5.79. The Balaban J connectivity index is 3.51. The maximum absolute atomic E-state index is 3.92. The molecule has 0 unspecified atom stereocenters. The fraction of sp³-hybridized carbons (Fsp3) is 0.857. The minimum absolute atomic E-state index is 0.820. The zero-order chi connectivity index (χ0) is 7.82. The molecule has 0 aliphatic rings. The van der Waals surface area contributed by atoms with E-state index in [9.17, 15) is 0 Å². The van der Waals surface area contributed by atoms with Crippen LogP contribution in [0, 0.1) is 0 Å². The van der Waals surface area contributed by atoms with Gasteiger partial charge < -0.3 is 0 Å². The molecule has 3 heteroatoms. The number of rotatable bonds is 4. The molecule has 0 aromatic heterocycles. The van der Waals surface area contributed by atoms with E-state index in [0.717, 1.165) is 19.5 Å². The summed E-state index contributed by atoms with van der Waals surface area (Å²) in [6.07, 6.45) is 1.05. The Bertz CT molecular complexity index is 125. The van der Waals surface area contributed by atoms with Gasteiger partial charge in [0.25, 0.3) is 0 Å². The topological polar surface area (TPSA) is 28.0 Å². The lowest BCUT2D eigenvalue weighted by atomic mass is 10.5. The number of hydrogen-bond donors (Lipinski definition) is 0. The largest absolute Gasteiger partial charge is 0.291 e. The maximum Gasteiger partial charge on any atom is 0.114 e. The molecule has 0 spiro atoms. The van der Waals surface area contributed by atoms with Crippen LogP contribution >= 0.6 is 0 Å². The fourth-order valence-corrected chi connectivity index (χ4v) is 0.340. The SMILES string of the molecule is CCCN=C=NN(C)CC. The van der Waals surface area contributed by atoms with Crippen molar-refractivity contribution in [2.45, 2.75) is 20.3 Å². The molecule has 0 heterocycles. The molecule has 0 radical (unpaired) electrons. The van der Waals surface area contributed by atoms with E-state index in [1.54, 1.807) is 5.01 Å². The first-order chi connectivity index (χ1) is 4.81. The summed E-state index contributed by atoms with van der Waals surface area (Å²) in [7, 11) is 1.90. The van der Waals surface area contributed by atoms with Crippen LogP contribution in [0.4, 0.5) is 0 Å². The molecular weight excluding hydrogens is 126 g/mol. The quantitative estimate of drug-likeness (QED) is 0.430. The zero-order valence-corrected chi connectivity index (χ0v) is 6.96. The third kappa shape index (κ3) is 5.32. The first-order valence-electron chi connectivity index (χ1n) is 3.64. The Morgan fingerprint density at radius 3 is 2.60 bits per heavy atom. The Hall–Kier alpha value is -0.820. The van der Waals surface area contributed by atoms with Crippen molar-refractivity contribution in [2.24, 2.45) is 10.1 Å². The third-order valence-corrected chi connectivity index (χ3v) is 1.08. The van der Waals surface area contributed by atoms with Crippen molar-refractivity contribution in [2.75, 3.05) is 20.1 Å². The zero-order valence-electron chi connectivity index (χ0n) is 6.96. The highest BCUT2D eigenvalue weighted by Crippen LogP contribution is 1.78. The van der Waals surface area contributed by atoms with Crippen LogP contribution < -0.4 is 0 Å². The first kappa shape index (κ1) is 9.18. The normalized spacial score (nSPS) is 8.30. The standard InChI is InChI=1S/C7H15N3/c1-4-6-8-7-9-10(3)5-2/h4-6H2,1-3H3. The molecule has 0 aliphatic carbocycles. The molecule has 58 valence electrons. The van der Waals surface area contributed by atoms with Crippen molar-refractivity contribution in [3.63, 3.8) is 0 Å². The molecule has 10 heavy (non-hydrogen) atoms. The van der Waals surface area contributed by atoms with E-state index in [-0.39, 0.29) is 0 Å². The van der Waals surface area contributed by atoms with E-state index in [0.29, 0.717) is 0 Å². The predicted octanol–water partition coefficient (Wildman–Crippen LogP) is 1.44. The molecule has 0 rings (SSSR count). The molecule has 0 fully saturated rings. The van der Waals surface area contributed by atoms with Gasteiger partial charge in [-0.15, -0.1) is 5.10 Å². The number of aliphatic imine (C=N–C) groups is 1. The van der Waals surface area contributed by atoms with Gasteiger partial charge in [0.15, 0.2) is 0 Å². The summed E-state index contributed by atoms with van der Waals surface area (Å²) in [5.41, 5.74) is 0. The van der Waals surface area contributed by atoms with E-state index in [4.69, 9.17) is 0 Å². The predicted molar refractivity (Wildman–Crippen MR) is 43.3 cm³/mol. The van der Waals surface area contributed by atoms with Crippen LogP contribution in [0.3, 0.4) is 0 Å². The monoisotopic (exact) mass is 141 g/mol. The Morgan fingerprint density at radius 1 is 1.40 bits per heavy atom. The summed E-state index contributed by atoms with van der Waals surface area (Å²) in [6.45, 7) is 5.83. The van der Waals surface area contributed by atoms with Gasteiger partial charge in [-0.1, -0.05) is 6.92 Å². The van der Waals surface area contributed by atoms with Gasteiger partial charge >= 0.3 is 0 Å². The minimum Gasteiger partial charge on any atom is -0.291 e. The number of nitrogens with zero attached hydrogens (tertiary/aromatic N) is 3. The number of hydrazone groups is 1. The van der Waals surface area contributed by atoms with Crippen LogP contribution in [-0.4, -0.2) is 31.2 Å². The maximum atomic E-state index is 3.92. The van der Waals surface area contributed by atoms with E-state index in [2.05, 4.69) is 23.0 Å². The molecule has 0 saturated heterocycles. The molecule has 0 saturated carbocycles. The highest BCUT2D eigenvalue weighted by Gasteiger charge is 1.79. The Morgan fingerprint density at radius 2 is 2.10 bits per heavy atom. The van der Waals surface area contributed by atoms with Gasteiger partial charge in [0.1, 0.15) is 6.01 Å². The summed E-state index contributed by atoms with van der Waals surface area (Å²) < 4.78 is 0. The van der Waals surface area contributed by atoms with Crippen molar-refractivity contribution in [3.05, 3.63) is 0 Å². The molecule has 0 aromatic rings. The summed E-state index contributed by atoms with van der Waals surface area (Å²) >= 11 is 0. The van der Waals surface area contributed by atoms with Crippen molar-refractivity contribution < 1.29 is 0 Å². The highest BCUT2D eigenvalue weighted by atomic mass is 15.4. The van der Waals surface area contributed by atoms with E-state index < -0.39 is 0 Å². The summed E-state index contributed by atoms with van der Waals surface area (Å²) in [6, 6.07) is 2.61. The van der Waals surface area contributed by atoms with Crippen LogP contribution in [0.2, 0.25) is 0 Å². The van der Waals surface area contributed by atoms with Crippen molar-refractivity contribution >= 4 is 6.01 Å². The Labute approximate surface area is 62.4 Å². The van der Waals surface area contributed by atoms with Crippen molar-refractivity contribution in [1.82, 2.24) is 5.01 Å². The smallest absolute Gasteiger partial charge is 0.114 e. The highest BCUT2D eigenvalue weighted by molar-refractivity contribution is 5.40. The van der Waals surface area contributed by atoms with E-state index >= 15 is 0 Å². The summed E-state index contributed by atoms with van der Waals surface area (Å²) in [4.78, 5) is 3.92. The van der Waals surface area contributed by atoms with Crippen LogP contribution in [0.1, 0.15) is 20.3 Å². The summed E-state index contributed by atoms with van der Waals surface area (Å²) in [5, 5.41) is 5.69. The van der Waals surface area contributed by atoms with Crippen LogP contribution in [0.25, 0.3) is 0 Å². The van der Waals surface area contributed by atoms with Crippen molar-refractivity contribution in [3.8, 4) is 0 Å². The van der Waals surface area contributed by atoms with Gasteiger partial charge in [0.2, 0.25) is 0 Å². The van der Waals surface area contributed by atoms with E-state index in [1.165, 1.54) is 0 Å². The third-order valence-electron chi connectivity index (χ3n) is 1.08. The van der Waals surface area contributed by atoms with Gasteiger partial charge in [-0.05, 0) is 13.3 Å². The average molecular weight is 141 g/mol. The molecule has 0 N–H and O–H groups in total. The second-order valence-corrected chi connectivity index (χ2v) is 2.06. The first-order valence-corrected chi connectivity index (χ1v) is 3.64. The second-order valence-electron chi connectivity index (χ2n) is 2.06. The summed E-state index contributed by atoms with van der Waals surface area (Å²) in [5.74, 6) is 0. The molecule has 3 nitrogen and oxygen atoms in total. The minimum atomic E-state index is 0.820. The number of hydrogen-bond acceptors (Lipinski definition) is 3. The lowest BCUT2D eigenvalue weighted by Crippen LogP contribution is -2.08. The molecule has 0 aliphatic heterocycles. The van der Waals surface area contributed by atoms with Crippen LogP contribution in [0.5, 0.6) is 0 Å². The molecule has 0 atom stereocenters. The lowest BCUT2D eigenvalue weighted by Gasteiger charge is -2.03. The average Bonchev–Trinajstić information content (AvgIpc) is 1.98. The van der Waals surface area contributed by atoms with Gasteiger partial charge in [0, 0.05) is 20.1 Å².